The molecule has 0 fully saturated rings. The van der Waals surface area contributed by atoms with Gasteiger partial charge in [0.1, 0.15) is 11.5 Å². The number of esters is 1. The van der Waals surface area contributed by atoms with Gasteiger partial charge in [-0.1, -0.05) is 24.3 Å². The van der Waals surface area contributed by atoms with E-state index in [1.807, 2.05) is 6.07 Å². The van der Waals surface area contributed by atoms with Crippen molar-refractivity contribution in [3.8, 4) is 23.5 Å². The number of hydrogen-bond acceptors (Lipinski definition) is 5. The van der Waals surface area contributed by atoms with Gasteiger partial charge in [-0.3, -0.25) is 0 Å². The van der Waals surface area contributed by atoms with Crippen LogP contribution >= 0.6 is 0 Å². The lowest BCUT2D eigenvalue weighted by atomic mass is 10.0. The van der Waals surface area contributed by atoms with E-state index in [0.717, 1.165) is 5.56 Å². The first-order chi connectivity index (χ1) is 13.1. The van der Waals surface area contributed by atoms with E-state index in [9.17, 15) is 10.1 Å². The van der Waals surface area contributed by atoms with Crippen molar-refractivity contribution in [1.29, 1.82) is 10.5 Å². The Hall–Kier alpha value is -4.09. The van der Waals surface area contributed by atoms with Gasteiger partial charge >= 0.3 is 5.97 Å². The summed E-state index contributed by atoms with van der Waals surface area (Å²) in [5, 5.41) is 18.5. The van der Waals surface area contributed by atoms with Crippen molar-refractivity contribution in [2.24, 2.45) is 0 Å². The lowest BCUT2D eigenvalue weighted by Gasteiger charge is -2.02. The number of hydrogen-bond donors (Lipinski definition) is 0. The summed E-state index contributed by atoms with van der Waals surface area (Å²) in [4.78, 5) is 11.7. The fraction of sp³-hybridized carbons (Fsp3) is 0.0455. The molecule has 5 nitrogen and oxygen atoms in total. The molecule has 0 spiro atoms. The number of benzene rings is 2. The Kier molecular flexibility index (Phi) is 5.16. The Morgan fingerprint density at radius 1 is 1.04 bits per heavy atom. The molecular formula is C22H14N2O3. The minimum absolute atomic E-state index is 0.385. The number of nitriles is 2. The fourth-order valence-electron chi connectivity index (χ4n) is 2.58. The summed E-state index contributed by atoms with van der Waals surface area (Å²) in [5.74, 6) is 0.634. The molecule has 3 aromatic rings. The van der Waals surface area contributed by atoms with Gasteiger partial charge in [-0.15, -0.1) is 0 Å². The number of ether oxygens (including phenoxy) is 1. The maximum absolute atomic E-state index is 11.7. The fourth-order valence-corrected chi connectivity index (χ4v) is 2.58. The van der Waals surface area contributed by atoms with Crippen LogP contribution in [0.15, 0.2) is 65.1 Å². The molecule has 0 atom stereocenters. The first-order valence-corrected chi connectivity index (χ1v) is 8.05. The van der Waals surface area contributed by atoms with E-state index in [1.165, 1.54) is 7.11 Å². The first kappa shape index (κ1) is 17.7. The molecule has 27 heavy (non-hydrogen) atoms. The van der Waals surface area contributed by atoms with Crippen molar-refractivity contribution in [1.82, 2.24) is 0 Å². The summed E-state index contributed by atoms with van der Waals surface area (Å²) in [7, 11) is 1.33. The molecule has 0 N–H and O–H groups in total. The van der Waals surface area contributed by atoms with E-state index in [4.69, 9.17) is 14.4 Å². The van der Waals surface area contributed by atoms with E-state index >= 15 is 0 Å². The Labute approximate surface area is 156 Å². The van der Waals surface area contributed by atoms with E-state index < -0.39 is 5.97 Å². The van der Waals surface area contributed by atoms with Crippen LogP contribution in [0, 0.1) is 22.7 Å². The second-order valence-electron chi connectivity index (χ2n) is 5.64. The van der Waals surface area contributed by atoms with Crippen LogP contribution in [0.3, 0.4) is 0 Å². The Morgan fingerprint density at radius 2 is 1.81 bits per heavy atom. The third-order valence-electron chi connectivity index (χ3n) is 3.90. The van der Waals surface area contributed by atoms with E-state index in [-0.39, 0.29) is 0 Å². The standard InChI is InChI=1S/C22H14N2O3/c1-26-22(25)18-7-3-6-17(11-18)21-9-8-20(27-21)12-19(14-24)16-5-2-4-15(10-16)13-23/h2-12H,1H3/b19-12-. The molecule has 1 aromatic heterocycles. The third-order valence-corrected chi connectivity index (χ3v) is 3.90. The summed E-state index contributed by atoms with van der Waals surface area (Å²) >= 11 is 0. The van der Waals surface area contributed by atoms with Crippen molar-refractivity contribution < 1.29 is 13.9 Å². The SMILES string of the molecule is COC(=O)c1cccc(-c2ccc(/C=C(/C#N)c3cccc(C#N)c3)o2)c1. The summed E-state index contributed by atoms with van der Waals surface area (Å²) in [6, 6.07) is 21.4. The molecule has 1 heterocycles. The molecule has 0 radical (unpaired) electrons. The molecule has 0 aliphatic heterocycles. The molecule has 0 amide bonds. The van der Waals surface area contributed by atoms with Gasteiger partial charge in [-0.05, 0) is 48.0 Å². The molecule has 0 saturated carbocycles. The summed E-state index contributed by atoms with van der Waals surface area (Å²) in [6.07, 6.45) is 1.62. The van der Waals surface area contributed by atoms with Crippen LogP contribution in [-0.2, 0) is 4.74 Å². The van der Waals surface area contributed by atoms with Gasteiger partial charge in [0.05, 0.1) is 35.9 Å². The molecule has 0 aliphatic carbocycles. The Balaban J connectivity index is 1.93. The summed E-state index contributed by atoms with van der Waals surface area (Å²) in [6.45, 7) is 0. The number of carbonyl (C=O) groups is 1. The molecule has 130 valence electrons. The second kappa shape index (κ2) is 7.86. The molecule has 2 aromatic carbocycles. The van der Waals surface area contributed by atoms with Crippen LogP contribution in [-0.4, -0.2) is 13.1 Å². The predicted octanol–water partition coefficient (Wildman–Crippen LogP) is 4.67. The minimum atomic E-state index is -0.423. The zero-order valence-electron chi connectivity index (χ0n) is 14.5. The largest absolute Gasteiger partial charge is 0.465 e. The lowest BCUT2D eigenvalue weighted by Crippen LogP contribution is -2.00. The number of furan rings is 1. The maximum Gasteiger partial charge on any atom is 0.337 e. The average molecular weight is 354 g/mol. The second-order valence-corrected chi connectivity index (χ2v) is 5.64. The van der Waals surface area contributed by atoms with Gasteiger partial charge in [0.25, 0.3) is 0 Å². The number of methoxy groups -OCH3 is 1. The molecule has 0 saturated heterocycles. The predicted molar refractivity (Wildman–Crippen MR) is 100 cm³/mol. The Bertz CT molecular complexity index is 1110. The zero-order valence-corrected chi connectivity index (χ0v) is 14.5. The van der Waals surface area contributed by atoms with E-state index in [2.05, 4.69) is 12.1 Å². The number of rotatable bonds is 4. The van der Waals surface area contributed by atoms with Gasteiger partial charge in [0.15, 0.2) is 0 Å². The topological polar surface area (TPSA) is 87.0 Å². The Morgan fingerprint density at radius 3 is 2.56 bits per heavy atom. The zero-order chi connectivity index (χ0) is 19.2. The highest BCUT2D eigenvalue weighted by molar-refractivity contribution is 5.91. The molecule has 0 unspecified atom stereocenters. The van der Waals surface area contributed by atoms with Gasteiger partial charge in [0, 0.05) is 5.56 Å². The lowest BCUT2D eigenvalue weighted by molar-refractivity contribution is 0.0601. The van der Waals surface area contributed by atoms with E-state index in [1.54, 1.807) is 60.7 Å². The smallest absolute Gasteiger partial charge is 0.337 e. The normalized spacial score (nSPS) is 10.7. The number of allylic oxidation sites excluding steroid dienone is 1. The molecule has 3 rings (SSSR count). The molecule has 0 aliphatic rings. The third kappa shape index (κ3) is 3.95. The average Bonchev–Trinajstić information content (AvgIpc) is 3.20. The van der Waals surface area contributed by atoms with Crippen molar-refractivity contribution in [2.75, 3.05) is 7.11 Å². The van der Waals surface area contributed by atoms with E-state index in [0.29, 0.717) is 33.8 Å². The van der Waals surface area contributed by atoms with Crippen LogP contribution in [0.25, 0.3) is 23.0 Å². The van der Waals surface area contributed by atoms with Crippen LogP contribution in [0.5, 0.6) is 0 Å². The summed E-state index contributed by atoms with van der Waals surface area (Å²) < 4.78 is 10.5. The molecule has 5 heteroatoms. The van der Waals surface area contributed by atoms with Crippen molar-refractivity contribution in [2.45, 2.75) is 0 Å². The highest BCUT2D eigenvalue weighted by atomic mass is 16.5. The van der Waals surface area contributed by atoms with Crippen molar-refractivity contribution in [3.05, 3.63) is 83.1 Å². The number of carbonyl (C=O) groups excluding carboxylic acids is 1. The van der Waals surface area contributed by atoms with Gasteiger partial charge in [-0.2, -0.15) is 10.5 Å². The van der Waals surface area contributed by atoms with Gasteiger partial charge < -0.3 is 9.15 Å². The van der Waals surface area contributed by atoms with Crippen molar-refractivity contribution in [3.63, 3.8) is 0 Å². The number of nitrogens with zero attached hydrogens (tertiary/aromatic N) is 2. The summed E-state index contributed by atoms with van der Waals surface area (Å²) in [5.41, 5.74) is 2.66. The first-order valence-electron chi connectivity index (χ1n) is 8.05. The van der Waals surface area contributed by atoms with Crippen LogP contribution in [0.2, 0.25) is 0 Å². The maximum atomic E-state index is 11.7. The molecular weight excluding hydrogens is 340 g/mol. The highest BCUT2D eigenvalue weighted by Crippen LogP contribution is 2.26. The minimum Gasteiger partial charge on any atom is -0.465 e. The van der Waals surface area contributed by atoms with Crippen LogP contribution in [0.1, 0.15) is 27.2 Å². The molecule has 0 bridgehead atoms. The van der Waals surface area contributed by atoms with Gasteiger partial charge in [-0.25, -0.2) is 4.79 Å². The van der Waals surface area contributed by atoms with Crippen LogP contribution in [0.4, 0.5) is 0 Å². The van der Waals surface area contributed by atoms with Crippen molar-refractivity contribution >= 4 is 17.6 Å². The monoisotopic (exact) mass is 354 g/mol. The quantitative estimate of drug-likeness (QED) is 0.502. The van der Waals surface area contributed by atoms with Gasteiger partial charge in [0.2, 0.25) is 0 Å². The highest BCUT2D eigenvalue weighted by Gasteiger charge is 2.10. The van der Waals surface area contributed by atoms with Crippen LogP contribution < -0.4 is 0 Å².